The van der Waals surface area contributed by atoms with Gasteiger partial charge in [-0.25, -0.2) is 0 Å². The summed E-state index contributed by atoms with van der Waals surface area (Å²) >= 11 is 0. The van der Waals surface area contributed by atoms with E-state index < -0.39 is 30.0 Å². The van der Waals surface area contributed by atoms with Crippen molar-refractivity contribution in [3.05, 3.63) is 0 Å². The first kappa shape index (κ1) is 20.9. The van der Waals surface area contributed by atoms with Crippen molar-refractivity contribution in [2.75, 3.05) is 0 Å². The van der Waals surface area contributed by atoms with Crippen LogP contribution in [-0.2, 0) is 9.59 Å². The molecule has 0 aliphatic carbocycles. The molecule has 0 aromatic rings. The maximum Gasteiger partial charge on any atom is 1.00 e. The third-order valence-corrected chi connectivity index (χ3v) is 2.08. The number of amides is 1. The van der Waals surface area contributed by atoms with Gasteiger partial charge < -0.3 is 15.2 Å². The molecule has 0 heterocycles. The topological polar surface area (TPSA) is 69.2 Å². The van der Waals surface area contributed by atoms with Crippen molar-refractivity contribution in [2.45, 2.75) is 44.3 Å². The van der Waals surface area contributed by atoms with Gasteiger partial charge in [0.25, 0.3) is 0 Å². The molecular weight excluding hydrogens is 288 g/mol. The van der Waals surface area contributed by atoms with Crippen LogP contribution in [0.15, 0.2) is 0 Å². The summed E-state index contributed by atoms with van der Waals surface area (Å²) in [4.78, 5) is 21.2. The number of carbonyl (C=O) groups is 2. The molecule has 0 aliphatic heterocycles. The second-order valence-corrected chi connectivity index (χ2v) is 3.56. The zero-order chi connectivity index (χ0) is 14.6. The van der Waals surface area contributed by atoms with Gasteiger partial charge in [0.2, 0.25) is 0 Å². The molecule has 0 saturated heterocycles. The van der Waals surface area contributed by atoms with E-state index in [0.717, 1.165) is 5.32 Å². The van der Waals surface area contributed by atoms with Crippen LogP contribution in [0.2, 0.25) is 0 Å². The van der Waals surface area contributed by atoms with Crippen LogP contribution in [0.25, 0.3) is 0 Å². The molecule has 0 fully saturated rings. The SMILES string of the molecule is CCCCC(NC(=O)C(F)(F)C(F)(F)F)C(=O)[O-].[Na+]. The molecule has 0 aromatic carbocycles. The van der Waals surface area contributed by atoms with E-state index >= 15 is 0 Å². The van der Waals surface area contributed by atoms with Gasteiger partial charge in [-0.15, -0.1) is 0 Å². The standard InChI is InChI=1S/C9H12F5NO3.Na/c1-2-3-4-5(6(16)17)15-7(18)8(10,11)9(12,13)14;/h5H,2-4H2,1H3,(H,15,18)(H,16,17);/q;+1/p-1. The monoisotopic (exact) mass is 299 g/mol. The molecule has 0 saturated carbocycles. The van der Waals surface area contributed by atoms with Crippen LogP contribution in [0, 0.1) is 0 Å². The number of carbonyl (C=O) groups excluding carboxylic acids is 2. The van der Waals surface area contributed by atoms with E-state index in [1.165, 1.54) is 0 Å². The second kappa shape index (κ2) is 8.01. The summed E-state index contributed by atoms with van der Waals surface area (Å²) in [5.41, 5.74) is 0. The maximum atomic E-state index is 12.5. The van der Waals surface area contributed by atoms with Crippen molar-refractivity contribution in [1.82, 2.24) is 5.32 Å². The molecule has 19 heavy (non-hydrogen) atoms. The molecule has 106 valence electrons. The van der Waals surface area contributed by atoms with E-state index in [2.05, 4.69) is 0 Å². The van der Waals surface area contributed by atoms with Crippen LogP contribution in [-0.4, -0.2) is 30.0 Å². The summed E-state index contributed by atoms with van der Waals surface area (Å²) in [5, 5.41) is 11.6. The number of aliphatic carboxylic acids is 1. The minimum Gasteiger partial charge on any atom is -0.548 e. The first-order chi connectivity index (χ1) is 8.04. The number of hydrogen-bond donors (Lipinski definition) is 1. The third kappa shape index (κ3) is 6.05. The predicted octanol–water partition coefficient (Wildman–Crippen LogP) is -2.39. The van der Waals surface area contributed by atoms with Gasteiger partial charge in [-0.1, -0.05) is 19.8 Å². The molecule has 10 heteroatoms. The molecule has 4 nitrogen and oxygen atoms in total. The van der Waals surface area contributed by atoms with Gasteiger partial charge in [0.15, 0.2) is 0 Å². The van der Waals surface area contributed by atoms with Crippen LogP contribution in [0.4, 0.5) is 22.0 Å². The minimum absolute atomic E-state index is 0. The first-order valence-electron chi connectivity index (χ1n) is 5.00. The number of alkyl halides is 5. The zero-order valence-electron chi connectivity index (χ0n) is 10.3. The van der Waals surface area contributed by atoms with Crippen LogP contribution in [0.1, 0.15) is 26.2 Å². The Morgan fingerprint density at radius 3 is 2.00 bits per heavy atom. The summed E-state index contributed by atoms with van der Waals surface area (Å²) in [6.07, 6.45) is -5.64. The summed E-state index contributed by atoms with van der Waals surface area (Å²) in [5.74, 6) is -10.2. The molecule has 1 amide bonds. The summed E-state index contributed by atoms with van der Waals surface area (Å²) in [7, 11) is 0. The fraction of sp³-hybridized carbons (Fsp3) is 0.778. The Balaban J connectivity index is 0. The maximum absolute atomic E-state index is 12.5. The Kier molecular flexibility index (Phi) is 8.81. The van der Waals surface area contributed by atoms with Gasteiger partial charge in [0, 0.05) is 0 Å². The Labute approximate surface area is 128 Å². The quantitative estimate of drug-likeness (QED) is 0.440. The number of rotatable bonds is 6. The third-order valence-electron chi connectivity index (χ3n) is 2.08. The number of halogens is 5. The van der Waals surface area contributed by atoms with Gasteiger partial charge in [0.1, 0.15) is 0 Å². The Bertz CT molecular complexity index is 321. The largest absolute Gasteiger partial charge is 1.00 e. The number of carboxylic acid groups (broad SMARTS) is 1. The van der Waals surface area contributed by atoms with E-state index in [1.807, 2.05) is 0 Å². The van der Waals surface area contributed by atoms with Crippen molar-refractivity contribution in [3.63, 3.8) is 0 Å². The normalized spacial score (nSPS) is 13.4. The molecule has 0 rings (SSSR count). The molecule has 0 aliphatic rings. The molecule has 0 aromatic heterocycles. The van der Waals surface area contributed by atoms with Crippen LogP contribution >= 0.6 is 0 Å². The number of unbranched alkanes of at least 4 members (excludes halogenated alkanes) is 1. The smallest absolute Gasteiger partial charge is 0.548 e. The van der Waals surface area contributed by atoms with Crippen molar-refractivity contribution in [1.29, 1.82) is 0 Å². The van der Waals surface area contributed by atoms with E-state index in [-0.39, 0.29) is 42.4 Å². The molecule has 0 radical (unpaired) electrons. The van der Waals surface area contributed by atoms with E-state index in [9.17, 15) is 36.6 Å². The first-order valence-corrected chi connectivity index (χ1v) is 5.00. The van der Waals surface area contributed by atoms with E-state index in [4.69, 9.17) is 0 Å². The van der Waals surface area contributed by atoms with Crippen molar-refractivity contribution < 1.29 is 66.2 Å². The molecule has 0 bridgehead atoms. The molecule has 1 atom stereocenters. The number of carboxylic acids is 1. The molecule has 0 spiro atoms. The molecule has 1 N–H and O–H groups in total. The zero-order valence-corrected chi connectivity index (χ0v) is 12.3. The Morgan fingerprint density at radius 1 is 1.21 bits per heavy atom. The Hall–Kier alpha value is -0.410. The fourth-order valence-electron chi connectivity index (χ4n) is 1.03. The van der Waals surface area contributed by atoms with Crippen LogP contribution in [0.3, 0.4) is 0 Å². The van der Waals surface area contributed by atoms with Gasteiger partial charge in [-0.2, -0.15) is 22.0 Å². The van der Waals surface area contributed by atoms with Gasteiger partial charge >= 0.3 is 47.6 Å². The van der Waals surface area contributed by atoms with Crippen LogP contribution in [0.5, 0.6) is 0 Å². The Morgan fingerprint density at radius 2 is 1.68 bits per heavy atom. The predicted molar refractivity (Wildman–Crippen MR) is 47.5 cm³/mol. The summed E-state index contributed by atoms with van der Waals surface area (Å²) in [6, 6.07) is -1.87. The van der Waals surface area contributed by atoms with E-state index in [1.54, 1.807) is 6.92 Å². The van der Waals surface area contributed by atoms with E-state index in [0.29, 0.717) is 6.42 Å². The van der Waals surface area contributed by atoms with Crippen molar-refractivity contribution in [2.24, 2.45) is 0 Å². The van der Waals surface area contributed by atoms with Gasteiger partial charge in [0.05, 0.1) is 12.0 Å². The number of nitrogens with one attached hydrogen (secondary N) is 1. The fourth-order valence-corrected chi connectivity index (χ4v) is 1.03. The van der Waals surface area contributed by atoms with Crippen molar-refractivity contribution >= 4 is 11.9 Å². The molecule has 1 unspecified atom stereocenters. The minimum atomic E-state index is -6.07. The second-order valence-electron chi connectivity index (χ2n) is 3.56. The van der Waals surface area contributed by atoms with Gasteiger partial charge in [-0.05, 0) is 6.42 Å². The average molecular weight is 299 g/mol. The molecular formula is C9H11F5NNaO3. The van der Waals surface area contributed by atoms with Crippen molar-refractivity contribution in [3.8, 4) is 0 Å². The summed E-state index contributed by atoms with van der Waals surface area (Å²) < 4.78 is 60.5. The average Bonchev–Trinajstić information content (AvgIpc) is 2.21. The summed E-state index contributed by atoms with van der Waals surface area (Å²) in [6.45, 7) is 1.65. The number of hydrogen-bond acceptors (Lipinski definition) is 3. The van der Waals surface area contributed by atoms with Crippen LogP contribution < -0.4 is 40.0 Å². The van der Waals surface area contributed by atoms with Gasteiger partial charge in [-0.3, -0.25) is 4.79 Å².